The monoisotopic (exact) mass is 562 g/mol. The van der Waals surface area contributed by atoms with Crippen LogP contribution in [0.25, 0.3) is 0 Å². The zero-order chi connectivity index (χ0) is 27.2. The molecular formula is C30H30N2O5S2. The third-order valence-corrected chi connectivity index (χ3v) is 9.04. The first-order valence-corrected chi connectivity index (χ1v) is 15.0. The molecule has 0 bridgehead atoms. The Morgan fingerprint density at radius 1 is 0.872 bits per heavy atom. The van der Waals surface area contributed by atoms with E-state index >= 15 is 0 Å². The molecule has 1 fully saturated rings. The first-order chi connectivity index (χ1) is 18.9. The topological polar surface area (TPSA) is 111 Å². The second-order valence-electron chi connectivity index (χ2n) is 9.24. The highest BCUT2D eigenvalue weighted by Crippen LogP contribution is 2.40. The fourth-order valence-corrected chi connectivity index (χ4v) is 6.44. The first-order valence-electron chi connectivity index (χ1n) is 12.6. The van der Waals surface area contributed by atoms with Crippen LogP contribution < -0.4 is 10.5 Å². The molecule has 4 aromatic carbocycles. The fraction of sp³-hybridized carbons (Fsp3) is 0.200. The minimum absolute atomic E-state index is 0.0268. The molecule has 39 heavy (non-hydrogen) atoms. The van der Waals surface area contributed by atoms with Crippen molar-refractivity contribution < 1.29 is 23.0 Å². The lowest BCUT2D eigenvalue weighted by atomic mass is 10.0. The van der Waals surface area contributed by atoms with E-state index in [1.165, 1.54) is 0 Å². The average Bonchev–Trinajstić information content (AvgIpc) is 2.97. The van der Waals surface area contributed by atoms with Gasteiger partial charge in [0, 0.05) is 34.0 Å². The Labute approximate surface area is 233 Å². The van der Waals surface area contributed by atoms with Crippen LogP contribution in [0.1, 0.15) is 35.5 Å². The van der Waals surface area contributed by atoms with Crippen molar-refractivity contribution in [2.24, 2.45) is 0 Å². The van der Waals surface area contributed by atoms with Gasteiger partial charge in [-0.2, -0.15) is 0 Å². The zero-order valence-electron chi connectivity index (χ0n) is 21.1. The third-order valence-electron chi connectivity index (χ3n) is 6.42. The molecule has 202 valence electrons. The summed E-state index contributed by atoms with van der Waals surface area (Å²) in [5.74, 6) is 0.666. The number of nitrogens with two attached hydrogens (primary N) is 1. The van der Waals surface area contributed by atoms with Crippen molar-refractivity contribution in [3.05, 3.63) is 120 Å². The van der Waals surface area contributed by atoms with Crippen molar-refractivity contribution in [2.45, 2.75) is 41.3 Å². The number of thioether (sulfide) groups is 1. The number of benzene rings is 4. The molecule has 4 N–H and O–H groups in total. The van der Waals surface area contributed by atoms with Crippen molar-refractivity contribution >= 4 is 33.2 Å². The van der Waals surface area contributed by atoms with Crippen molar-refractivity contribution in [1.82, 2.24) is 0 Å². The number of nitrogen functional groups attached to an aromatic ring is 1. The summed E-state index contributed by atoms with van der Waals surface area (Å²) < 4.78 is 41.2. The summed E-state index contributed by atoms with van der Waals surface area (Å²) in [6.45, 7) is -0.0268. The molecule has 1 unspecified atom stereocenters. The van der Waals surface area contributed by atoms with E-state index in [0.717, 1.165) is 21.7 Å². The summed E-state index contributed by atoms with van der Waals surface area (Å²) in [6, 6.07) is 30.7. The summed E-state index contributed by atoms with van der Waals surface area (Å²) in [4.78, 5) is 1.18. The normalized spacial score (nSPS) is 19.5. The highest BCUT2D eigenvalue weighted by molar-refractivity contribution is 7.99. The second kappa shape index (κ2) is 12.2. The summed E-state index contributed by atoms with van der Waals surface area (Å²) in [6.07, 6.45) is -0.476. The molecule has 0 amide bonds. The quantitative estimate of drug-likeness (QED) is 0.172. The summed E-state index contributed by atoms with van der Waals surface area (Å²) in [5, 5.41) is 9.44. The number of aliphatic hydroxyl groups is 1. The molecule has 4 aromatic rings. The Morgan fingerprint density at radius 2 is 1.62 bits per heavy atom. The molecule has 1 aliphatic rings. The number of sulfonamides is 1. The summed E-state index contributed by atoms with van der Waals surface area (Å²) in [5.41, 5.74) is 9.80. The Bertz CT molecular complexity index is 1500. The highest BCUT2D eigenvalue weighted by atomic mass is 32.2. The van der Waals surface area contributed by atoms with E-state index < -0.39 is 16.3 Å². The molecule has 0 saturated carbocycles. The summed E-state index contributed by atoms with van der Waals surface area (Å²) >= 11 is 1.63. The zero-order valence-corrected chi connectivity index (χ0v) is 22.8. The number of hydrogen-bond donors (Lipinski definition) is 3. The van der Waals surface area contributed by atoms with Crippen molar-refractivity contribution in [2.75, 3.05) is 16.2 Å². The van der Waals surface area contributed by atoms with Crippen LogP contribution in [0, 0.1) is 0 Å². The molecular weight excluding hydrogens is 532 g/mol. The highest BCUT2D eigenvalue weighted by Gasteiger charge is 2.32. The molecule has 7 nitrogen and oxygen atoms in total. The molecule has 0 spiro atoms. The van der Waals surface area contributed by atoms with E-state index in [4.69, 9.17) is 15.2 Å². The van der Waals surface area contributed by atoms with Gasteiger partial charge < -0.3 is 20.3 Å². The average molecular weight is 563 g/mol. The van der Waals surface area contributed by atoms with Gasteiger partial charge in [-0.05, 0) is 47.5 Å². The minimum Gasteiger partial charge on any atom is -0.398 e. The van der Waals surface area contributed by atoms with E-state index in [2.05, 4.69) is 4.72 Å². The summed E-state index contributed by atoms with van der Waals surface area (Å²) in [7, 11) is -3.74. The predicted molar refractivity (Wildman–Crippen MR) is 154 cm³/mol. The number of ether oxygens (including phenoxy) is 2. The van der Waals surface area contributed by atoms with Crippen LogP contribution in [-0.2, 0) is 26.1 Å². The van der Waals surface area contributed by atoms with E-state index in [1.54, 1.807) is 60.3 Å². The number of aliphatic hydroxyl groups excluding tert-OH is 1. The number of nitrogens with one attached hydrogen (secondary N) is 1. The van der Waals surface area contributed by atoms with E-state index in [1.807, 2.05) is 54.6 Å². The van der Waals surface area contributed by atoms with E-state index in [-0.39, 0.29) is 23.7 Å². The van der Waals surface area contributed by atoms with Crippen LogP contribution in [0.3, 0.4) is 0 Å². The van der Waals surface area contributed by atoms with Gasteiger partial charge in [-0.15, -0.1) is 11.8 Å². The maximum absolute atomic E-state index is 12.9. The lowest BCUT2D eigenvalue weighted by Gasteiger charge is -2.36. The van der Waals surface area contributed by atoms with Crippen LogP contribution in [0.2, 0.25) is 0 Å². The van der Waals surface area contributed by atoms with Crippen molar-refractivity contribution in [1.29, 1.82) is 0 Å². The van der Waals surface area contributed by atoms with Crippen LogP contribution in [-0.4, -0.2) is 25.4 Å². The molecule has 0 radical (unpaired) electrons. The lowest BCUT2D eigenvalue weighted by molar-refractivity contribution is -0.245. The van der Waals surface area contributed by atoms with Crippen molar-refractivity contribution in [3.8, 4) is 0 Å². The van der Waals surface area contributed by atoms with E-state index in [0.29, 0.717) is 23.4 Å². The van der Waals surface area contributed by atoms with Gasteiger partial charge in [0.15, 0.2) is 6.29 Å². The maximum atomic E-state index is 12.9. The first kappa shape index (κ1) is 27.2. The Morgan fingerprint density at radius 3 is 2.36 bits per heavy atom. The molecule has 1 heterocycles. The molecule has 5 rings (SSSR count). The minimum atomic E-state index is -3.74. The smallest absolute Gasteiger partial charge is 0.261 e. The van der Waals surface area contributed by atoms with Gasteiger partial charge in [0.1, 0.15) is 0 Å². The second-order valence-corrected chi connectivity index (χ2v) is 12.0. The number of anilines is 2. The largest absolute Gasteiger partial charge is 0.398 e. The fourth-order valence-electron chi connectivity index (χ4n) is 4.38. The van der Waals surface area contributed by atoms with Gasteiger partial charge in [0.2, 0.25) is 0 Å². The van der Waals surface area contributed by atoms with Crippen LogP contribution in [0.5, 0.6) is 0 Å². The third kappa shape index (κ3) is 6.81. The van der Waals surface area contributed by atoms with E-state index in [9.17, 15) is 13.5 Å². The number of para-hydroxylation sites is 1. The number of rotatable bonds is 9. The van der Waals surface area contributed by atoms with Gasteiger partial charge in [0.05, 0.1) is 23.7 Å². The molecule has 0 aromatic heterocycles. The van der Waals surface area contributed by atoms with Crippen molar-refractivity contribution in [3.63, 3.8) is 0 Å². The molecule has 1 aliphatic heterocycles. The SMILES string of the molecule is Nc1ccccc1SC[C@@H]1C[C@H](c2ccc(CO)cc2)OC(c2cccc(NS(=O)(=O)c3ccccc3)c2)O1. The molecule has 1 saturated heterocycles. The lowest BCUT2D eigenvalue weighted by Crippen LogP contribution is -2.31. The maximum Gasteiger partial charge on any atom is 0.261 e. The van der Waals surface area contributed by atoms with Crippen LogP contribution in [0.15, 0.2) is 113 Å². The molecule has 0 aliphatic carbocycles. The molecule has 9 heteroatoms. The predicted octanol–water partition coefficient (Wildman–Crippen LogP) is 5.90. The standard InChI is InChI=1S/C30H30N2O5S2/c31-27-11-4-5-12-29(27)38-20-25-18-28(22-15-13-21(19-33)14-16-22)37-30(36-25)23-7-6-8-24(17-23)32-39(34,35)26-9-2-1-3-10-26/h1-17,25,28,30,32-33H,18-20,31H2/t25-,28+,30?/m0/s1. The Balaban J connectivity index is 1.38. The van der Waals surface area contributed by atoms with Crippen LogP contribution in [0.4, 0.5) is 11.4 Å². The van der Waals surface area contributed by atoms with Gasteiger partial charge in [-0.25, -0.2) is 8.42 Å². The van der Waals surface area contributed by atoms with Gasteiger partial charge in [0.25, 0.3) is 10.0 Å². The van der Waals surface area contributed by atoms with Crippen LogP contribution >= 0.6 is 11.8 Å². The Kier molecular flexibility index (Phi) is 8.54. The van der Waals surface area contributed by atoms with Gasteiger partial charge in [-0.3, -0.25) is 4.72 Å². The number of hydrogen-bond acceptors (Lipinski definition) is 7. The van der Waals surface area contributed by atoms with Gasteiger partial charge in [-0.1, -0.05) is 66.7 Å². The Hall–Kier alpha value is -3.34. The molecule has 3 atom stereocenters. The van der Waals surface area contributed by atoms with Gasteiger partial charge >= 0.3 is 0 Å².